The fourth-order valence-electron chi connectivity index (χ4n) is 5.07. The number of methoxy groups -OCH3 is 1. The SMILES string of the molecule is COC(=O)c1c(NC(=O)C(Sc2cccc(NC(=O)c3c(Cl)c(Cl)c(Cl)c(Cl)c3C(=O)O)c2)c2ccccc2)sc2c1CCCC2. The summed E-state index contributed by atoms with van der Waals surface area (Å²) >= 11 is 27.1. The van der Waals surface area contributed by atoms with Crippen LogP contribution in [0, 0.1) is 0 Å². The van der Waals surface area contributed by atoms with Gasteiger partial charge < -0.3 is 20.5 Å². The third-order valence-electron chi connectivity index (χ3n) is 7.19. The van der Waals surface area contributed by atoms with Crippen molar-refractivity contribution in [1.82, 2.24) is 0 Å². The summed E-state index contributed by atoms with van der Waals surface area (Å²) in [6.45, 7) is 0. The van der Waals surface area contributed by atoms with E-state index >= 15 is 0 Å². The number of esters is 1. The number of anilines is 2. The van der Waals surface area contributed by atoms with Gasteiger partial charge in [0.2, 0.25) is 5.91 Å². The first-order valence-corrected chi connectivity index (χ1v) is 17.0. The van der Waals surface area contributed by atoms with E-state index in [-0.39, 0.29) is 26.7 Å². The van der Waals surface area contributed by atoms with Crippen molar-refractivity contribution in [2.24, 2.45) is 0 Å². The lowest BCUT2D eigenvalue weighted by molar-refractivity contribution is -0.115. The molecule has 5 rings (SSSR count). The lowest BCUT2D eigenvalue weighted by Gasteiger charge is -2.18. The molecule has 46 heavy (non-hydrogen) atoms. The number of aryl methyl sites for hydroxylation is 1. The Morgan fingerprint density at radius 1 is 0.848 bits per heavy atom. The molecule has 238 valence electrons. The Labute approximate surface area is 292 Å². The lowest BCUT2D eigenvalue weighted by atomic mass is 9.95. The summed E-state index contributed by atoms with van der Waals surface area (Å²) < 4.78 is 5.06. The fraction of sp³-hybridized carbons (Fsp3) is 0.188. The summed E-state index contributed by atoms with van der Waals surface area (Å²) in [5, 5.41) is 13.7. The summed E-state index contributed by atoms with van der Waals surface area (Å²) in [6, 6.07) is 15.8. The summed E-state index contributed by atoms with van der Waals surface area (Å²) in [6.07, 6.45) is 3.55. The number of nitrogens with one attached hydrogen (secondary N) is 2. The van der Waals surface area contributed by atoms with Gasteiger partial charge in [-0.15, -0.1) is 23.1 Å². The zero-order chi connectivity index (χ0) is 33.1. The largest absolute Gasteiger partial charge is 0.478 e. The Bertz CT molecular complexity index is 1870. The van der Waals surface area contributed by atoms with Gasteiger partial charge in [-0.25, -0.2) is 9.59 Å². The first kappa shape index (κ1) is 34.1. The number of carbonyl (C=O) groups excluding carboxylic acids is 3. The first-order valence-electron chi connectivity index (χ1n) is 13.8. The Hall–Kier alpha value is -3.25. The van der Waals surface area contributed by atoms with Crippen LogP contribution >= 0.6 is 69.5 Å². The van der Waals surface area contributed by atoms with Crippen LogP contribution in [-0.2, 0) is 22.4 Å². The average Bonchev–Trinajstić information content (AvgIpc) is 3.41. The minimum absolute atomic E-state index is 0.258. The van der Waals surface area contributed by atoms with Crippen LogP contribution in [0.4, 0.5) is 10.7 Å². The highest BCUT2D eigenvalue weighted by atomic mass is 35.5. The van der Waals surface area contributed by atoms with Gasteiger partial charge in [0.15, 0.2) is 0 Å². The highest BCUT2D eigenvalue weighted by Gasteiger charge is 2.31. The topological polar surface area (TPSA) is 122 Å². The molecule has 2 amide bonds. The molecule has 1 aliphatic carbocycles. The summed E-state index contributed by atoms with van der Waals surface area (Å²) in [7, 11) is 1.32. The predicted molar refractivity (Wildman–Crippen MR) is 184 cm³/mol. The fourth-order valence-corrected chi connectivity index (χ4v) is 8.46. The van der Waals surface area contributed by atoms with Crippen LogP contribution in [0.3, 0.4) is 0 Å². The zero-order valence-corrected chi connectivity index (χ0v) is 28.6. The monoisotopic (exact) mass is 736 g/mol. The van der Waals surface area contributed by atoms with Gasteiger partial charge in [0.25, 0.3) is 5.91 Å². The Kier molecular flexibility index (Phi) is 10.9. The molecule has 0 bridgehead atoms. The molecule has 3 N–H and O–H groups in total. The second-order valence-corrected chi connectivity index (χ2v) is 13.9. The van der Waals surface area contributed by atoms with Gasteiger partial charge in [0, 0.05) is 15.5 Å². The van der Waals surface area contributed by atoms with Crippen molar-refractivity contribution < 1.29 is 29.0 Å². The van der Waals surface area contributed by atoms with E-state index in [0.717, 1.165) is 36.1 Å². The number of thioether (sulfide) groups is 1. The molecule has 0 fully saturated rings. The van der Waals surface area contributed by atoms with Crippen LogP contribution in [0.2, 0.25) is 20.1 Å². The van der Waals surface area contributed by atoms with E-state index in [1.54, 1.807) is 24.3 Å². The molecule has 3 aromatic carbocycles. The second kappa shape index (κ2) is 14.7. The van der Waals surface area contributed by atoms with Crippen LogP contribution in [-0.4, -0.2) is 36.0 Å². The van der Waals surface area contributed by atoms with E-state index in [9.17, 15) is 24.3 Å². The van der Waals surface area contributed by atoms with Crippen molar-refractivity contribution >= 4 is 104 Å². The number of hydrogen-bond donors (Lipinski definition) is 3. The number of amides is 2. The van der Waals surface area contributed by atoms with Crippen molar-refractivity contribution in [3.8, 4) is 0 Å². The van der Waals surface area contributed by atoms with Crippen molar-refractivity contribution in [2.75, 3.05) is 17.7 Å². The number of hydrogen-bond acceptors (Lipinski definition) is 7. The summed E-state index contributed by atoms with van der Waals surface area (Å²) in [5.41, 5.74) is 1.29. The van der Waals surface area contributed by atoms with Crippen LogP contribution in [0.15, 0.2) is 59.5 Å². The molecule has 1 aromatic heterocycles. The first-order chi connectivity index (χ1) is 22.0. The van der Waals surface area contributed by atoms with E-state index < -0.39 is 39.2 Å². The summed E-state index contributed by atoms with van der Waals surface area (Å²) in [5.74, 6) is -3.23. The molecule has 0 spiro atoms. The van der Waals surface area contributed by atoms with Gasteiger partial charge in [-0.05, 0) is 55.0 Å². The van der Waals surface area contributed by atoms with Gasteiger partial charge in [0.05, 0.1) is 43.9 Å². The van der Waals surface area contributed by atoms with Gasteiger partial charge in [-0.3, -0.25) is 9.59 Å². The third-order valence-corrected chi connectivity index (χ3v) is 11.4. The Morgan fingerprint density at radius 3 is 2.20 bits per heavy atom. The molecule has 0 saturated heterocycles. The van der Waals surface area contributed by atoms with Crippen molar-refractivity contribution in [3.63, 3.8) is 0 Å². The van der Waals surface area contributed by atoms with Gasteiger partial charge in [-0.2, -0.15) is 0 Å². The molecule has 0 saturated carbocycles. The predicted octanol–water partition coefficient (Wildman–Crippen LogP) is 9.45. The van der Waals surface area contributed by atoms with E-state index in [1.165, 1.54) is 30.2 Å². The number of carboxylic acids is 1. The lowest BCUT2D eigenvalue weighted by Crippen LogP contribution is -2.20. The second-order valence-electron chi connectivity index (χ2n) is 10.1. The minimum atomic E-state index is -1.52. The molecular weight excluding hydrogens is 714 g/mol. The number of carboxylic acid groups (broad SMARTS) is 1. The highest BCUT2D eigenvalue weighted by molar-refractivity contribution is 8.00. The molecule has 1 aliphatic rings. The molecule has 1 heterocycles. The molecule has 1 unspecified atom stereocenters. The number of aromatic carboxylic acids is 1. The third kappa shape index (κ3) is 7.02. The quantitative estimate of drug-likeness (QED) is 0.0677. The number of halogens is 4. The van der Waals surface area contributed by atoms with E-state index in [2.05, 4.69) is 10.6 Å². The maximum absolute atomic E-state index is 13.9. The standard InChI is InChI=1S/C32H24Cl4N2O6S2/c1-44-32(43)20-18-12-5-6-13-19(18)46-30(20)38-29(40)27(15-8-3-2-4-9-15)45-17-11-7-10-16(14-17)37-28(39)21-22(31(41)42)24(34)26(36)25(35)23(21)33/h2-4,7-11,14,27H,5-6,12-13H2,1H3,(H,37,39)(H,38,40)(H,41,42). The van der Waals surface area contributed by atoms with E-state index in [1.807, 2.05) is 30.3 Å². The van der Waals surface area contributed by atoms with Crippen molar-refractivity contribution in [1.29, 1.82) is 0 Å². The number of thiophene rings is 1. The minimum Gasteiger partial charge on any atom is -0.478 e. The summed E-state index contributed by atoms with van der Waals surface area (Å²) in [4.78, 5) is 53.6. The van der Waals surface area contributed by atoms with Gasteiger partial charge in [-0.1, -0.05) is 82.8 Å². The van der Waals surface area contributed by atoms with E-state index in [4.69, 9.17) is 51.1 Å². The maximum Gasteiger partial charge on any atom is 0.341 e. The van der Waals surface area contributed by atoms with Crippen molar-refractivity contribution in [2.45, 2.75) is 35.8 Å². The molecule has 0 radical (unpaired) electrons. The number of benzene rings is 3. The van der Waals surface area contributed by atoms with Gasteiger partial charge >= 0.3 is 11.9 Å². The number of carbonyl (C=O) groups is 4. The molecule has 0 aliphatic heterocycles. The van der Waals surface area contributed by atoms with Crippen LogP contribution < -0.4 is 10.6 Å². The molecular formula is C32H24Cl4N2O6S2. The molecule has 1 atom stereocenters. The van der Waals surface area contributed by atoms with Crippen LogP contribution in [0.25, 0.3) is 0 Å². The zero-order valence-electron chi connectivity index (χ0n) is 23.9. The number of fused-ring (bicyclic) bond motifs is 1. The normalized spacial score (nSPS) is 13.0. The molecule has 8 nitrogen and oxygen atoms in total. The Balaban J connectivity index is 1.44. The maximum atomic E-state index is 13.9. The molecule has 14 heteroatoms. The number of rotatable bonds is 9. The van der Waals surface area contributed by atoms with Crippen molar-refractivity contribution in [3.05, 3.63) is 107 Å². The average molecular weight is 738 g/mol. The smallest absolute Gasteiger partial charge is 0.341 e. The Morgan fingerprint density at radius 2 is 1.52 bits per heavy atom. The van der Waals surface area contributed by atoms with E-state index in [0.29, 0.717) is 21.0 Å². The van der Waals surface area contributed by atoms with Gasteiger partial charge in [0.1, 0.15) is 10.3 Å². The highest BCUT2D eigenvalue weighted by Crippen LogP contribution is 2.43. The molecule has 4 aromatic rings. The number of ether oxygens (including phenoxy) is 1. The van der Waals surface area contributed by atoms with Crippen LogP contribution in [0.1, 0.15) is 65.2 Å². The van der Waals surface area contributed by atoms with Crippen LogP contribution in [0.5, 0.6) is 0 Å².